The molecule has 1 aliphatic heterocycles. The molecule has 0 bridgehead atoms. The second-order valence-electron chi connectivity index (χ2n) is 4.90. The molecule has 0 fully saturated rings. The fraction of sp³-hybridized carbons (Fsp3) is 0.188. The van der Waals surface area contributed by atoms with Gasteiger partial charge in [-0.1, -0.05) is 35.9 Å². The van der Waals surface area contributed by atoms with Gasteiger partial charge in [0.25, 0.3) is 0 Å². The lowest BCUT2D eigenvalue weighted by atomic mass is 9.99. The van der Waals surface area contributed by atoms with E-state index in [2.05, 4.69) is 5.32 Å². The van der Waals surface area contributed by atoms with Crippen LogP contribution < -0.4 is 5.32 Å². The number of carbonyl (C=O) groups is 1. The summed E-state index contributed by atoms with van der Waals surface area (Å²) < 4.78 is 13.8. The lowest BCUT2D eigenvalue weighted by Gasteiger charge is -2.06. The van der Waals surface area contributed by atoms with E-state index in [4.69, 9.17) is 11.6 Å². The third-order valence-corrected chi connectivity index (χ3v) is 3.83. The monoisotopic (exact) mass is 289 g/mol. The first-order valence-corrected chi connectivity index (χ1v) is 6.81. The van der Waals surface area contributed by atoms with Gasteiger partial charge in [0.2, 0.25) is 0 Å². The molecular formula is C16H13ClFNO. The summed E-state index contributed by atoms with van der Waals surface area (Å²) in [6, 6.07) is 10.4. The van der Waals surface area contributed by atoms with Crippen LogP contribution in [-0.2, 0) is 19.5 Å². The third kappa shape index (κ3) is 2.47. The molecular weight excluding hydrogens is 277 g/mol. The van der Waals surface area contributed by atoms with Crippen molar-refractivity contribution in [1.29, 1.82) is 0 Å². The Bertz CT molecular complexity index is 684. The average molecular weight is 290 g/mol. The first-order chi connectivity index (χ1) is 9.65. The largest absolute Gasteiger partial charge is 0.309 e. The molecule has 2 nitrogen and oxygen atoms in total. The van der Waals surface area contributed by atoms with Gasteiger partial charge in [-0.15, -0.1) is 0 Å². The zero-order chi connectivity index (χ0) is 14.1. The third-order valence-electron chi connectivity index (χ3n) is 3.54. The van der Waals surface area contributed by atoms with Crippen molar-refractivity contribution in [3.05, 3.63) is 69.5 Å². The van der Waals surface area contributed by atoms with Crippen molar-refractivity contribution >= 4 is 17.4 Å². The molecule has 2 aromatic carbocycles. The maximum Gasteiger partial charge on any atom is 0.167 e. The summed E-state index contributed by atoms with van der Waals surface area (Å²) in [5.74, 6) is -0.605. The highest BCUT2D eigenvalue weighted by atomic mass is 35.5. The van der Waals surface area contributed by atoms with Gasteiger partial charge in [0.15, 0.2) is 5.78 Å². The van der Waals surface area contributed by atoms with Gasteiger partial charge in [0.1, 0.15) is 5.82 Å². The van der Waals surface area contributed by atoms with E-state index < -0.39 is 5.82 Å². The van der Waals surface area contributed by atoms with Crippen molar-refractivity contribution in [3.8, 4) is 0 Å². The van der Waals surface area contributed by atoms with Gasteiger partial charge < -0.3 is 5.32 Å². The molecule has 1 heterocycles. The van der Waals surface area contributed by atoms with E-state index in [1.54, 1.807) is 18.2 Å². The second-order valence-corrected chi connectivity index (χ2v) is 5.31. The fourth-order valence-corrected chi connectivity index (χ4v) is 2.62. The van der Waals surface area contributed by atoms with Gasteiger partial charge in [-0.05, 0) is 28.8 Å². The maximum atomic E-state index is 13.8. The van der Waals surface area contributed by atoms with Crippen LogP contribution in [-0.4, -0.2) is 5.78 Å². The van der Waals surface area contributed by atoms with Crippen LogP contribution in [0.25, 0.3) is 0 Å². The van der Waals surface area contributed by atoms with Crippen LogP contribution in [0.1, 0.15) is 27.0 Å². The normalized spacial score (nSPS) is 13.3. The van der Waals surface area contributed by atoms with Crippen molar-refractivity contribution in [2.24, 2.45) is 0 Å². The number of fused-ring (bicyclic) bond motifs is 1. The van der Waals surface area contributed by atoms with Gasteiger partial charge >= 0.3 is 0 Å². The predicted octanol–water partition coefficient (Wildman–Crippen LogP) is 3.51. The SMILES string of the molecule is O=C(Cc1cccc(Cl)c1F)c1ccc2c(c1)CNC2. The molecule has 102 valence electrons. The molecule has 4 heteroatoms. The van der Waals surface area contributed by atoms with Crippen LogP contribution in [0.4, 0.5) is 4.39 Å². The first-order valence-electron chi connectivity index (χ1n) is 6.44. The van der Waals surface area contributed by atoms with Gasteiger partial charge in [-0.25, -0.2) is 4.39 Å². The summed E-state index contributed by atoms with van der Waals surface area (Å²) in [5.41, 5.74) is 3.31. The highest BCUT2D eigenvalue weighted by Crippen LogP contribution is 2.21. The Morgan fingerprint density at radius 3 is 2.85 bits per heavy atom. The minimum Gasteiger partial charge on any atom is -0.309 e. The molecule has 0 unspecified atom stereocenters. The average Bonchev–Trinajstić information content (AvgIpc) is 2.91. The van der Waals surface area contributed by atoms with E-state index in [1.165, 1.54) is 11.6 Å². The Hall–Kier alpha value is -1.71. The minimum atomic E-state index is -0.509. The molecule has 0 aromatic heterocycles. The Kier molecular flexibility index (Phi) is 3.55. The zero-order valence-electron chi connectivity index (χ0n) is 10.7. The van der Waals surface area contributed by atoms with Gasteiger partial charge in [0, 0.05) is 25.1 Å². The second kappa shape index (κ2) is 5.35. The lowest BCUT2D eigenvalue weighted by molar-refractivity contribution is 0.0991. The number of rotatable bonds is 3. The van der Waals surface area contributed by atoms with E-state index >= 15 is 0 Å². The highest BCUT2D eigenvalue weighted by molar-refractivity contribution is 6.30. The summed E-state index contributed by atoms with van der Waals surface area (Å²) in [4.78, 5) is 12.2. The number of benzene rings is 2. The number of hydrogen-bond acceptors (Lipinski definition) is 2. The standard InChI is InChI=1S/C16H13ClFNO/c17-14-3-1-2-11(16(14)18)7-15(20)10-4-5-12-8-19-9-13(12)6-10/h1-6,19H,7-9H2. The van der Waals surface area contributed by atoms with E-state index in [0.29, 0.717) is 11.1 Å². The number of hydrogen-bond donors (Lipinski definition) is 1. The van der Waals surface area contributed by atoms with Crippen molar-refractivity contribution in [2.45, 2.75) is 19.5 Å². The Morgan fingerprint density at radius 2 is 2.00 bits per heavy atom. The van der Waals surface area contributed by atoms with E-state index in [-0.39, 0.29) is 17.2 Å². The van der Waals surface area contributed by atoms with Gasteiger partial charge in [-0.2, -0.15) is 0 Å². The van der Waals surface area contributed by atoms with Crippen molar-refractivity contribution in [1.82, 2.24) is 5.32 Å². The quantitative estimate of drug-likeness (QED) is 0.876. The molecule has 1 aliphatic rings. The maximum absolute atomic E-state index is 13.8. The van der Waals surface area contributed by atoms with Crippen LogP contribution in [0.5, 0.6) is 0 Å². The topological polar surface area (TPSA) is 29.1 Å². The Morgan fingerprint density at radius 1 is 1.20 bits per heavy atom. The van der Waals surface area contributed by atoms with Crippen LogP contribution >= 0.6 is 11.6 Å². The molecule has 2 aromatic rings. The summed E-state index contributed by atoms with van der Waals surface area (Å²) in [7, 11) is 0. The lowest BCUT2D eigenvalue weighted by Crippen LogP contribution is -2.06. The molecule has 0 saturated carbocycles. The highest BCUT2D eigenvalue weighted by Gasteiger charge is 2.15. The molecule has 3 rings (SSSR count). The summed E-state index contributed by atoms with van der Waals surface area (Å²) in [6.07, 6.45) is 0.0264. The molecule has 0 amide bonds. The molecule has 0 atom stereocenters. The molecule has 0 saturated heterocycles. The van der Waals surface area contributed by atoms with Crippen LogP contribution in [0.3, 0.4) is 0 Å². The number of nitrogens with one attached hydrogen (secondary N) is 1. The number of halogens is 2. The predicted molar refractivity (Wildman–Crippen MR) is 76.4 cm³/mol. The molecule has 0 spiro atoms. The summed E-state index contributed by atoms with van der Waals surface area (Å²) in [6.45, 7) is 1.62. The molecule has 1 N–H and O–H groups in total. The van der Waals surface area contributed by atoms with Crippen molar-refractivity contribution in [2.75, 3.05) is 0 Å². The number of Topliss-reactive ketones (excluding diaryl/α,β-unsaturated/α-hetero) is 1. The number of carbonyl (C=O) groups excluding carboxylic acids is 1. The van der Waals surface area contributed by atoms with E-state index in [0.717, 1.165) is 18.7 Å². The first kappa shape index (κ1) is 13.3. The van der Waals surface area contributed by atoms with Crippen LogP contribution in [0.2, 0.25) is 5.02 Å². The zero-order valence-corrected chi connectivity index (χ0v) is 11.5. The molecule has 0 radical (unpaired) electrons. The number of ketones is 1. The van der Waals surface area contributed by atoms with E-state index in [9.17, 15) is 9.18 Å². The smallest absolute Gasteiger partial charge is 0.167 e. The summed E-state index contributed by atoms with van der Waals surface area (Å²) in [5, 5.41) is 3.28. The van der Waals surface area contributed by atoms with Crippen molar-refractivity contribution in [3.63, 3.8) is 0 Å². The van der Waals surface area contributed by atoms with Crippen LogP contribution in [0, 0.1) is 5.82 Å². The minimum absolute atomic E-state index is 0.0264. The van der Waals surface area contributed by atoms with Crippen molar-refractivity contribution < 1.29 is 9.18 Å². The Balaban J connectivity index is 1.84. The molecule has 0 aliphatic carbocycles. The van der Waals surface area contributed by atoms with Crippen LogP contribution in [0.15, 0.2) is 36.4 Å². The molecule has 20 heavy (non-hydrogen) atoms. The van der Waals surface area contributed by atoms with E-state index in [1.807, 2.05) is 12.1 Å². The fourth-order valence-electron chi connectivity index (χ4n) is 2.43. The summed E-state index contributed by atoms with van der Waals surface area (Å²) >= 11 is 5.73. The Labute approximate surface area is 121 Å². The van der Waals surface area contributed by atoms with Gasteiger partial charge in [0.05, 0.1) is 5.02 Å². The van der Waals surface area contributed by atoms with Gasteiger partial charge in [-0.3, -0.25) is 4.79 Å².